The molecule has 4 aliphatic rings. The molecule has 1 aliphatic carbocycles. The van der Waals surface area contributed by atoms with Gasteiger partial charge in [0.15, 0.2) is 22.4 Å². The highest BCUT2D eigenvalue weighted by atomic mass is 28.4. The summed E-state index contributed by atoms with van der Waals surface area (Å²) in [5.74, 6) is -8.35. The minimum atomic E-state index is -2.92. The van der Waals surface area contributed by atoms with Gasteiger partial charge in [0.1, 0.15) is 24.0 Å². The van der Waals surface area contributed by atoms with Gasteiger partial charge in [0.25, 0.3) is 17.5 Å². The number of carbonyl (C=O) groups excluding carboxylic acids is 5. The van der Waals surface area contributed by atoms with E-state index < -0.39 is 88.5 Å². The molecule has 3 heterocycles. The SMILES string of the molecule is CC[Si](CC)(CC)O[C@@H]1/C(C)=C/[C@@H](C)C(=O)CC([C@H](C)C[C@@H]2CC[C@@H](O[Si](CC)(CC)CC)[C@@H](OC)C2)OC(=O)[C@@H]2CCCCN2C(=O)C(=O)[C@]2(F)O[C@@H](CC[C@H]2C)C[C@H](OC)/C(C)=C/C=C/C=C/[C@@H](C)C[C@@H](C)C(=O)[C@@H]1OC. The molecule has 1 saturated carbocycles. The number of rotatable bonds is 16. The van der Waals surface area contributed by atoms with E-state index in [-0.39, 0.29) is 73.3 Å². The number of fused-ring (bicyclic) bond motifs is 3. The van der Waals surface area contributed by atoms with Gasteiger partial charge >= 0.3 is 5.97 Å². The number of esters is 1. The number of piperidine rings is 1. The summed E-state index contributed by atoms with van der Waals surface area (Å²) >= 11 is 0. The van der Waals surface area contributed by atoms with Crippen LogP contribution in [0.4, 0.5) is 4.39 Å². The molecule has 0 aromatic rings. The average Bonchev–Trinajstić information content (AvgIpc) is 3.45. The summed E-state index contributed by atoms with van der Waals surface area (Å²) in [6.45, 7) is 26.5. The fourth-order valence-electron chi connectivity index (χ4n) is 12.9. The molecule has 2 saturated heterocycles. The van der Waals surface area contributed by atoms with E-state index in [9.17, 15) is 24.0 Å². The topological polar surface area (TPSA) is 153 Å². The third kappa shape index (κ3) is 18.0. The first kappa shape index (κ1) is 68.5. The Hall–Kier alpha value is -2.97. The number of cyclic esters (lactones) is 1. The number of carbonyl (C=O) groups is 5. The normalized spacial score (nSPS) is 35.8. The summed E-state index contributed by atoms with van der Waals surface area (Å²) < 4.78 is 62.2. The predicted octanol–water partition coefficient (Wildman–Crippen LogP) is 13.2. The molecular formula is C63H106FNO12Si2. The molecule has 0 radical (unpaired) electrons. The standard InChI is InChI=1S/C63H106FNO12Si2/c1-17-78(18-2,19-3)76-53-34-32-49(39-56(53)72-15)38-45(10)55-41-52(66)44(9)37-47(12)58(77-79(20-4,21-5)22-6)59(73-16)57(67)46(11)36-42(7)28-24-23-25-29-43(8)54(71-14)40-50-33-31-48(13)63(64,75-50)60(68)61(69)65-35-27-26-30-51(65)62(70)74-55/h23-25,28-29,37,42,44-46,48-51,53-56,58-59H,17-22,26-27,30-36,38-41H2,1-16H3/b25-23+,28-24+,43-29+,47-37+/t42-,44-,45-,46-,48-,49+,50+,51+,53-,54+,55?,56+,58-,59+,63-/m1/s1. The number of ketones is 3. The zero-order chi connectivity index (χ0) is 58.8. The fourth-order valence-corrected chi connectivity index (χ4v) is 18.7. The second-order valence-corrected chi connectivity index (χ2v) is 33.7. The maximum Gasteiger partial charge on any atom is 0.329 e. The Labute approximate surface area is 478 Å². The van der Waals surface area contributed by atoms with Gasteiger partial charge in [0, 0.05) is 58.5 Å². The summed E-state index contributed by atoms with van der Waals surface area (Å²) in [5.41, 5.74) is 1.59. The van der Waals surface area contributed by atoms with E-state index in [1.54, 1.807) is 28.3 Å². The van der Waals surface area contributed by atoms with Crippen LogP contribution in [0, 0.1) is 35.5 Å². The molecule has 15 atom stereocenters. The van der Waals surface area contributed by atoms with Gasteiger partial charge in [-0.1, -0.05) is 113 Å². The summed E-state index contributed by atoms with van der Waals surface area (Å²) in [6, 6.07) is 4.49. The Balaban J connectivity index is 1.80. The van der Waals surface area contributed by atoms with Gasteiger partial charge in [-0.05, 0) is 143 Å². The minimum absolute atomic E-state index is 0.00157. The molecule has 0 aromatic carbocycles. The number of alkyl halides is 1. The highest BCUT2D eigenvalue weighted by molar-refractivity contribution is 6.74. The summed E-state index contributed by atoms with van der Waals surface area (Å²) in [5, 5.41) is 0. The van der Waals surface area contributed by atoms with Gasteiger partial charge in [-0.3, -0.25) is 19.2 Å². The molecule has 79 heavy (non-hydrogen) atoms. The lowest BCUT2D eigenvalue weighted by Crippen LogP contribution is -2.59. The first-order valence-corrected chi connectivity index (χ1v) is 35.7. The zero-order valence-corrected chi connectivity index (χ0v) is 53.7. The lowest BCUT2D eigenvalue weighted by molar-refractivity contribution is -0.231. The van der Waals surface area contributed by atoms with Crippen molar-refractivity contribution < 1.29 is 60.9 Å². The van der Waals surface area contributed by atoms with E-state index in [0.717, 1.165) is 66.7 Å². The van der Waals surface area contributed by atoms with Crippen LogP contribution in [0.15, 0.2) is 47.6 Å². The third-order valence-corrected chi connectivity index (χ3v) is 28.3. The fraction of sp³-hybridized carbons (Fsp3) is 0.794. The number of nitrogens with zero attached hydrogens (tertiary/aromatic N) is 1. The highest BCUT2D eigenvalue weighted by Gasteiger charge is 2.55. The number of methoxy groups -OCH3 is 3. The first-order chi connectivity index (χ1) is 37.5. The molecule has 1 unspecified atom stereocenters. The minimum Gasteiger partial charge on any atom is -0.460 e. The Morgan fingerprint density at radius 2 is 1.37 bits per heavy atom. The molecule has 450 valence electrons. The van der Waals surface area contributed by atoms with Crippen LogP contribution in [0.25, 0.3) is 0 Å². The van der Waals surface area contributed by atoms with Crippen molar-refractivity contribution in [2.24, 2.45) is 35.5 Å². The molecule has 4 rings (SSSR count). The first-order valence-electron chi connectivity index (χ1n) is 30.6. The van der Waals surface area contributed by atoms with Gasteiger partial charge in [-0.2, -0.15) is 0 Å². The number of hydrogen-bond acceptors (Lipinski definition) is 12. The van der Waals surface area contributed by atoms with Gasteiger partial charge < -0.3 is 37.4 Å². The van der Waals surface area contributed by atoms with Crippen molar-refractivity contribution in [2.75, 3.05) is 27.9 Å². The highest BCUT2D eigenvalue weighted by Crippen LogP contribution is 2.41. The van der Waals surface area contributed by atoms with Gasteiger partial charge in [-0.15, -0.1) is 0 Å². The Kier molecular flexibility index (Phi) is 27.9. The lowest BCUT2D eigenvalue weighted by Gasteiger charge is -2.42. The van der Waals surface area contributed by atoms with Gasteiger partial charge in [0.2, 0.25) is 0 Å². The monoisotopic (exact) mass is 1140 g/mol. The van der Waals surface area contributed by atoms with Crippen LogP contribution in [0.5, 0.6) is 0 Å². The number of Topliss-reactive ketones (excluding diaryl/α,β-unsaturated/α-hetero) is 3. The van der Waals surface area contributed by atoms with Crippen molar-refractivity contribution in [3.05, 3.63) is 47.6 Å². The number of allylic oxidation sites excluding steroid dienone is 6. The van der Waals surface area contributed by atoms with Crippen LogP contribution in [0.3, 0.4) is 0 Å². The third-order valence-electron chi connectivity index (χ3n) is 19.0. The van der Waals surface area contributed by atoms with Crippen LogP contribution in [-0.4, -0.2) is 133 Å². The van der Waals surface area contributed by atoms with E-state index >= 15 is 4.39 Å². The van der Waals surface area contributed by atoms with Crippen molar-refractivity contribution in [2.45, 2.75) is 258 Å². The molecule has 3 fully saturated rings. The number of amides is 1. The largest absolute Gasteiger partial charge is 0.460 e. The van der Waals surface area contributed by atoms with Crippen LogP contribution < -0.4 is 0 Å². The predicted molar refractivity (Wildman–Crippen MR) is 316 cm³/mol. The molecular weight excluding hydrogens is 1040 g/mol. The molecule has 0 N–H and O–H groups in total. The van der Waals surface area contributed by atoms with Crippen LogP contribution in [0.1, 0.15) is 167 Å². The number of ether oxygens (including phenoxy) is 5. The maximum absolute atomic E-state index is 17.3. The second-order valence-electron chi connectivity index (χ2n) is 24.2. The van der Waals surface area contributed by atoms with Gasteiger partial charge in [0.05, 0.1) is 30.5 Å². The average molecular weight is 1140 g/mol. The van der Waals surface area contributed by atoms with E-state index in [1.807, 2.05) is 65.0 Å². The Morgan fingerprint density at radius 1 is 0.722 bits per heavy atom. The Bertz CT molecular complexity index is 2090. The van der Waals surface area contributed by atoms with Crippen molar-refractivity contribution >= 4 is 45.9 Å². The van der Waals surface area contributed by atoms with Gasteiger partial charge in [-0.25, -0.2) is 9.18 Å². The van der Waals surface area contributed by atoms with Crippen molar-refractivity contribution in [1.29, 1.82) is 0 Å². The summed E-state index contributed by atoms with van der Waals surface area (Å²) in [7, 11) is 0.603. The van der Waals surface area contributed by atoms with Crippen LogP contribution in [-0.2, 0) is 56.5 Å². The van der Waals surface area contributed by atoms with E-state index in [4.69, 9.17) is 32.5 Å². The molecule has 0 spiro atoms. The number of halogens is 1. The molecule has 0 aromatic heterocycles. The van der Waals surface area contributed by atoms with E-state index in [2.05, 4.69) is 54.5 Å². The van der Waals surface area contributed by atoms with E-state index in [1.165, 1.54) is 4.90 Å². The molecule has 3 aliphatic heterocycles. The van der Waals surface area contributed by atoms with Crippen LogP contribution in [0.2, 0.25) is 36.3 Å². The van der Waals surface area contributed by atoms with Crippen molar-refractivity contribution in [3.63, 3.8) is 0 Å². The lowest BCUT2D eigenvalue weighted by atomic mass is 9.78. The molecule has 1 amide bonds. The molecule has 13 nitrogen and oxygen atoms in total. The zero-order valence-electron chi connectivity index (χ0n) is 51.7. The van der Waals surface area contributed by atoms with Crippen LogP contribution >= 0.6 is 0 Å². The second kappa shape index (κ2) is 32.2. The molecule has 16 heteroatoms. The van der Waals surface area contributed by atoms with Crippen molar-refractivity contribution in [1.82, 2.24) is 4.90 Å². The number of hydrogen-bond donors (Lipinski definition) is 0. The summed E-state index contributed by atoms with van der Waals surface area (Å²) in [6.07, 6.45) is 13.7. The van der Waals surface area contributed by atoms with E-state index in [0.29, 0.717) is 38.5 Å². The summed E-state index contributed by atoms with van der Waals surface area (Å²) in [4.78, 5) is 74.3. The smallest absolute Gasteiger partial charge is 0.329 e. The quantitative estimate of drug-likeness (QED) is 0.0625. The maximum atomic E-state index is 17.3. The molecule has 2 bridgehead atoms. The van der Waals surface area contributed by atoms with Crippen molar-refractivity contribution in [3.8, 4) is 0 Å². The Morgan fingerprint density at radius 3 is 1.97 bits per heavy atom.